The highest BCUT2D eigenvalue weighted by Gasteiger charge is 2.00. The Hall–Kier alpha value is -0.0600. The van der Waals surface area contributed by atoms with E-state index in [2.05, 4.69) is 31.2 Å². The Balaban J connectivity index is 2.78. The fraction of sp³-hybridized carbons (Fsp3) is 0.333. The Morgan fingerprint density at radius 2 is 2.00 bits per heavy atom. The third kappa shape index (κ3) is 2.81. The first-order valence-electron chi connectivity index (χ1n) is 3.66. The molecule has 0 amide bonds. The van der Waals surface area contributed by atoms with Gasteiger partial charge in [-0.15, -0.1) is 11.6 Å². The molecule has 11 heavy (non-hydrogen) atoms. The summed E-state index contributed by atoms with van der Waals surface area (Å²) in [5, 5.41) is 1.64. The third-order valence-electron chi connectivity index (χ3n) is 1.50. The number of rotatable bonds is 2. The molecular weight excluding hydrogens is 175 g/mol. The molecule has 2 unspecified atom stereocenters. The maximum atomic E-state index is 5.90. The summed E-state index contributed by atoms with van der Waals surface area (Å²) in [7, 11) is 0.725. The van der Waals surface area contributed by atoms with Gasteiger partial charge in [-0.2, -0.15) is 0 Å². The molecule has 0 nitrogen and oxygen atoms in total. The zero-order valence-corrected chi connectivity index (χ0v) is 8.52. The minimum atomic E-state index is 0.260. The molecule has 0 aliphatic rings. The van der Waals surface area contributed by atoms with E-state index in [0.717, 1.165) is 8.58 Å². The second-order valence-corrected chi connectivity index (χ2v) is 5.29. The monoisotopic (exact) mass is 186 g/mol. The average molecular weight is 187 g/mol. The maximum Gasteiger partial charge on any atom is 0.0518 e. The predicted octanol–water partition coefficient (Wildman–Crippen LogP) is 2.88. The first kappa shape index (κ1) is 9.03. The molecule has 1 rings (SSSR count). The molecule has 0 saturated carbocycles. The summed E-state index contributed by atoms with van der Waals surface area (Å²) < 4.78 is 0. The second-order valence-electron chi connectivity index (χ2n) is 2.58. The van der Waals surface area contributed by atoms with Crippen molar-refractivity contribution in [2.24, 2.45) is 0 Å². The van der Waals surface area contributed by atoms with Gasteiger partial charge in [-0.05, 0) is 24.7 Å². The zero-order chi connectivity index (χ0) is 8.27. The lowest BCUT2D eigenvalue weighted by molar-refractivity contribution is 1.39. The van der Waals surface area contributed by atoms with Crippen molar-refractivity contribution in [3.8, 4) is 0 Å². The van der Waals surface area contributed by atoms with Crippen LogP contribution in [0, 0.1) is 6.92 Å². The van der Waals surface area contributed by atoms with E-state index < -0.39 is 0 Å². The number of hydrogen-bond donors (Lipinski definition) is 0. The van der Waals surface area contributed by atoms with Crippen LogP contribution in [0.25, 0.3) is 0 Å². The topological polar surface area (TPSA) is 0 Å². The lowest BCUT2D eigenvalue weighted by Crippen LogP contribution is -2.01. The summed E-state index contributed by atoms with van der Waals surface area (Å²) in [5.74, 6) is 0. The van der Waals surface area contributed by atoms with Gasteiger partial charge in [0, 0.05) is 0 Å². The van der Waals surface area contributed by atoms with Gasteiger partial charge in [0.15, 0.2) is 0 Å². The number of benzene rings is 1. The van der Waals surface area contributed by atoms with Crippen molar-refractivity contribution in [1.82, 2.24) is 0 Å². The Bertz CT molecular complexity index is 233. The normalized spacial score (nSPS) is 14.1. The predicted molar refractivity (Wildman–Crippen MR) is 54.4 cm³/mol. The van der Waals surface area contributed by atoms with Crippen molar-refractivity contribution in [2.75, 3.05) is 0 Å². The zero-order valence-electron chi connectivity index (χ0n) is 6.76. The van der Waals surface area contributed by atoms with E-state index in [9.17, 15) is 0 Å². The van der Waals surface area contributed by atoms with Crippen LogP contribution < -0.4 is 5.30 Å². The van der Waals surface area contributed by atoms with Crippen LogP contribution in [0.3, 0.4) is 0 Å². The van der Waals surface area contributed by atoms with Gasteiger partial charge in [0.25, 0.3) is 0 Å². The van der Waals surface area contributed by atoms with Gasteiger partial charge in [-0.3, -0.25) is 0 Å². The molecule has 2 heteroatoms. The molecule has 0 aromatic heterocycles. The molecule has 0 N–H and O–H groups in total. The Morgan fingerprint density at radius 3 is 2.55 bits per heavy atom. The fourth-order valence-electron chi connectivity index (χ4n) is 0.949. The minimum absolute atomic E-state index is 0.260. The molecular formula is C9H12ClP. The van der Waals surface area contributed by atoms with E-state index in [1.165, 1.54) is 10.9 Å². The molecule has 0 spiro atoms. The molecule has 2 atom stereocenters. The molecule has 1 aromatic rings. The summed E-state index contributed by atoms with van der Waals surface area (Å²) in [6.45, 7) is 4.16. The van der Waals surface area contributed by atoms with Crippen LogP contribution in [0.4, 0.5) is 0 Å². The Kier molecular flexibility index (Phi) is 3.36. The summed E-state index contributed by atoms with van der Waals surface area (Å²) in [6.07, 6.45) is 0. The van der Waals surface area contributed by atoms with Crippen LogP contribution in [0.5, 0.6) is 0 Å². The van der Waals surface area contributed by atoms with Gasteiger partial charge >= 0.3 is 0 Å². The molecule has 0 saturated heterocycles. The van der Waals surface area contributed by atoms with Gasteiger partial charge in [0.1, 0.15) is 0 Å². The van der Waals surface area contributed by atoms with E-state index in [4.69, 9.17) is 11.6 Å². The van der Waals surface area contributed by atoms with Gasteiger partial charge in [-0.25, -0.2) is 0 Å². The van der Waals surface area contributed by atoms with Crippen molar-refractivity contribution in [3.63, 3.8) is 0 Å². The molecule has 0 aliphatic carbocycles. The highest BCUT2D eigenvalue weighted by molar-refractivity contribution is 7.50. The largest absolute Gasteiger partial charge is 0.118 e. The highest BCUT2D eigenvalue weighted by Crippen LogP contribution is 2.22. The fourth-order valence-corrected chi connectivity index (χ4v) is 2.23. The van der Waals surface area contributed by atoms with E-state index >= 15 is 0 Å². The lowest BCUT2D eigenvalue weighted by Gasteiger charge is -2.05. The van der Waals surface area contributed by atoms with Gasteiger partial charge < -0.3 is 0 Å². The number of alkyl halides is 1. The van der Waals surface area contributed by atoms with Crippen molar-refractivity contribution < 1.29 is 0 Å². The van der Waals surface area contributed by atoms with Crippen LogP contribution in [0.15, 0.2) is 24.3 Å². The van der Waals surface area contributed by atoms with Crippen molar-refractivity contribution in [1.29, 1.82) is 0 Å². The van der Waals surface area contributed by atoms with Crippen molar-refractivity contribution in [2.45, 2.75) is 19.0 Å². The van der Waals surface area contributed by atoms with Gasteiger partial charge in [0.2, 0.25) is 0 Å². The van der Waals surface area contributed by atoms with Crippen LogP contribution in [-0.4, -0.2) is 5.12 Å². The van der Waals surface area contributed by atoms with E-state index in [0.29, 0.717) is 0 Å². The van der Waals surface area contributed by atoms with Gasteiger partial charge in [-0.1, -0.05) is 32.8 Å². The molecule has 0 radical (unpaired) electrons. The van der Waals surface area contributed by atoms with Crippen molar-refractivity contribution >= 4 is 25.5 Å². The molecule has 0 aliphatic heterocycles. The van der Waals surface area contributed by atoms with Crippen LogP contribution in [0.1, 0.15) is 12.5 Å². The second kappa shape index (κ2) is 4.09. The van der Waals surface area contributed by atoms with Gasteiger partial charge in [0.05, 0.1) is 5.12 Å². The first-order valence-corrected chi connectivity index (χ1v) is 5.18. The minimum Gasteiger partial charge on any atom is -0.118 e. The Morgan fingerprint density at radius 1 is 1.36 bits per heavy atom. The third-order valence-corrected chi connectivity index (χ3v) is 3.10. The SMILES string of the molecule is Cc1ccccc1PC(C)Cl. The molecule has 1 aromatic carbocycles. The summed E-state index contributed by atoms with van der Waals surface area (Å²) in [5.41, 5.74) is 1.35. The lowest BCUT2D eigenvalue weighted by atomic mass is 10.2. The van der Waals surface area contributed by atoms with Crippen LogP contribution in [0.2, 0.25) is 0 Å². The molecule has 0 heterocycles. The van der Waals surface area contributed by atoms with E-state index in [-0.39, 0.29) is 5.12 Å². The number of aryl methyl sites for hydroxylation is 1. The molecule has 0 fully saturated rings. The standard InChI is InChI=1S/C9H12ClP/c1-7-5-3-4-6-9(7)11-8(2)10/h3-6,8,11H,1-2H3. The summed E-state index contributed by atoms with van der Waals surface area (Å²) >= 11 is 5.90. The van der Waals surface area contributed by atoms with E-state index in [1.54, 1.807) is 0 Å². The summed E-state index contributed by atoms with van der Waals surface area (Å²) in [6, 6.07) is 8.39. The van der Waals surface area contributed by atoms with Crippen molar-refractivity contribution in [3.05, 3.63) is 29.8 Å². The maximum absolute atomic E-state index is 5.90. The average Bonchev–Trinajstić information content (AvgIpc) is 1.93. The number of hydrogen-bond acceptors (Lipinski definition) is 0. The smallest absolute Gasteiger partial charge is 0.0518 e. The number of halogens is 1. The quantitative estimate of drug-likeness (QED) is 0.492. The van der Waals surface area contributed by atoms with Crippen LogP contribution in [-0.2, 0) is 0 Å². The Labute approximate surface area is 74.7 Å². The highest BCUT2D eigenvalue weighted by atomic mass is 35.5. The molecule has 60 valence electrons. The first-order chi connectivity index (χ1) is 5.20. The summed E-state index contributed by atoms with van der Waals surface area (Å²) in [4.78, 5) is 0. The van der Waals surface area contributed by atoms with Crippen LogP contribution >= 0.6 is 20.2 Å². The molecule has 0 bridgehead atoms. The van der Waals surface area contributed by atoms with E-state index in [1.807, 2.05) is 6.92 Å².